The van der Waals surface area contributed by atoms with E-state index in [9.17, 15) is 0 Å². The van der Waals surface area contributed by atoms with Crippen LogP contribution in [0.3, 0.4) is 0 Å². The maximum Gasteiger partial charge on any atom is 0.155 e. The molecule has 1 aromatic rings. The van der Waals surface area contributed by atoms with Crippen LogP contribution in [0.15, 0.2) is 0 Å². The fourth-order valence-corrected chi connectivity index (χ4v) is 1.61. The average Bonchev–Trinajstić information content (AvgIpc) is 2.54. The summed E-state index contributed by atoms with van der Waals surface area (Å²) < 4.78 is 0. The van der Waals surface area contributed by atoms with Crippen LogP contribution in [-0.2, 0) is 0 Å². The van der Waals surface area contributed by atoms with Gasteiger partial charge in [-0.15, -0.1) is 0 Å². The molecule has 2 N–H and O–H groups in total. The van der Waals surface area contributed by atoms with Gasteiger partial charge in [-0.1, -0.05) is 0 Å². The Balaban J connectivity index is 2.08. The summed E-state index contributed by atoms with van der Waals surface area (Å²) in [6, 6.07) is 0. The Morgan fingerprint density at radius 2 is 2.42 bits per heavy atom. The lowest BCUT2D eigenvalue weighted by atomic mass is 9.99. The Kier molecular flexibility index (Phi) is 2.08. The van der Waals surface area contributed by atoms with E-state index >= 15 is 0 Å². The molecule has 0 spiro atoms. The molecule has 4 nitrogen and oxygen atoms in total. The highest BCUT2D eigenvalue weighted by atomic mass is 15.2. The summed E-state index contributed by atoms with van der Waals surface area (Å²) in [5.74, 6) is 2.40. The molecule has 0 saturated carbocycles. The van der Waals surface area contributed by atoms with Crippen molar-refractivity contribution in [3.63, 3.8) is 0 Å². The van der Waals surface area contributed by atoms with Crippen LogP contribution in [0.25, 0.3) is 0 Å². The molecule has 0 radical (unpaired) electrons. The lowest BCUT2D eigenvalue weighted by Crippen LogP contribution is -2.28. The maximum atomic E-state index is 4.33. The summed E-state index contributed by atoms with van der Waals surface area (Å²) >= 11 is 0. The second kappa shape index (κ2) is 3.23. The molecule has 2 rings (SSSR count). The van der Waals surface area contributed by atoms with E-state index in [-0.39, 0.29) is 0 Å². The number of piperidine rings is 1. The van der Waals surface area contributed by atoms with E-state index < -0.39 is 0 Å². The number of nitrogens with zero attached hydrogens (tertiary/aromatic N) is 2. The molecule has 1 saturated heterocycles. The molecule has 1 fully saturated rings. The van der Waals surface area contributed by atoms with E-state index in [1.54, 1.807) is 0 Å². The van der Waals surface area contributed by atoms with Gasteiger partial charge in [-0.2, -0.15) is 5.10 Å². The highest BCUT2D eigenvalue weighted by Gasteiger charge is 2.18. The van der Waals surface area contributed by atoms with Crippen molar-refractivity contribution in [1.82, 2.24) is 20.5 Å². The van der Waals surface area contributed by atoms with Gasteiger partial charge in [0.1, 0.15) is 5.82 Å². The minimum Gasteiger partial charge on any atom is -0.316 e. The third-order valence-electron chi connectivity index (χ3n) is 2.28. The van der Waals surface area contributed by atoms with Crippen LogP contribution in [0.2, 0.25) is 0 Å². The predicted molar refractivity (Wildman–Crippen MR) is 46.0 cm³/mol. The monoisotopic (exact) mass is 166 g/mol. The first-order chi connectivity index (χ1) is 5.86. The van der Waals surface area contributed by atoms with E-state index in [2.05, 4.69) is 20.5 Å². The molecular formula is C8H14N4. The predicted octanol–water partition coefficient (Wildman–Crippen LogP) is 0.580. The molecule has 1 aliphatic heterocycles. The fraction of sp³-hybridized carbons (Fsp3) is 0.750. The van der Waals surface area contributed by atoms with Crippen LogP contribution in [0.4, 0.5) is 0 Å². The van der Waals surface area contributed by atoms with Crippen LogP contribution < -0.4 is 5.32 Å². The average molecular weight is 166 g/mol. The number of hydrogen-bond donors (Lipinski definition) is 2. The molecule has 0 unspecified atom stereocenters. The molecule has 4 heteroatoms. The Labute approximate surface area is 71.8 Å². The van der Waals surface area contributed by atoms with Crippen LogP contribution in [0, 0.1) is 6.92 Å². The molecule has 66 valence electrons. The van der Waals surface area contributed by atoms with Gasteiger partial charge in [-0.3, -0.25) is 5.10 Å². The van der Waals surface area contributed by atoms with Gasteiger partial charge in [0.25, 0.3) is 0 Å². The molecule has 0 aliphatic carbocycles. The summed E-state index contributed by atoms with van der Waals surface area (Å²) in [5.41, 5.74) is 0. The van der Waals surface area contributed by atoms with Crippen molar-refractivity contribution < 1.29 is 0 Å². The highest BCUT2D eigenvalue weighted by molar-refractivity contribution is 4.98. The minimum atomic E-state index is 0.517. The van der Waals surface area contributed by atoms with Gasteiger partial charge in [0.15, 0.2) is 5.82 Å². The zero-order chi connectivity index (χ0) is 8.39. The smallest absolute Gasteiger partial charge is 0.155 e. The Morgan fingerprint density at radius 3 is 3.00 bits per heavy atom. The number of rotatable bonds is 1. The summed E-state index contributed by atoms with van der Waals surface area (Å²) in [5, 5.41) is 10.4. The van der Waals surface area contributed by atoms with Crippen molar-refractivity contribution in [2.75, 3.05) is 13.1 Å². The van der Waals surface area contributed by atoms with E-state index in [1.165, 1.54) is 12.8 Å². The zero-order valence-electron chi connectivity index (χ0n) is 7.30. The Bertz CT molecular complexity index is 249. The standard InChI is InChI=1S/C8H14N4/c1-6-10-8(12-11-6)7-3-2-4-9-5-7/h7,9H,2-5H2,1H3,(H,10,11,12)/t7-/m1/s1. The largest absolute Gasteiger partial charge is 0.316 e. The number of H-pyrrole nitrogens is 1. The van der Waals surface area contributed by atoms with Crippen LogP contribution in [0.1, 0.15) is 30.4 Å². The maximum absolute atomic E-state index is 4.33. The molecule has 2 heterocycles. The van der Waals surface area contributed by atoms with Crippen LogP contribution >= 0.6 is 0 Å². The van der Waals surface area contributed by atoms with Crippen molar-refractivity contribution in [3.8, 4) is 0 Å². The number of aryl methyl sites for hydroxylation is 1. The van der Waals surface area contributed by atoms with Gasteiger partial charge in [-0.25, -0.2) is 4.98 Å². The summed E-state index contributed by atoms with van der Waals surface area (Å²) in [6.45, 7) is 4.10. The van der Waals surface area contributed by atoms with Crippen LogP contribution in [0.5, 0.6) is 0 Å². The normalized spacial score (nSPS) is 24.2. The molecular weight excluding hydrogens is 152 g/mol. The van der Waals surface area contributed by atoms with Crippen molar-refractivity contribution >= 4 is 0 Å². The number of nitrogens with one attached hydrogen (secondary N) is 2. The summed E-state index contributed by atoms with van der Waals surface area (Å²) in [7, 11) is 0. The van der Waals surface area contributed by atoms with Crippen molar-refractivity contribution in [2.45, 2.75) is 25.7 Å². The Hall–Kier alpha value is -0.900. The third-order valence-corrected chi connectivity index (χ3v) is 2.28. The van der Waals surface area contributed by atoms with Crippen molar-refractivity contribution in [2.24, 2.45) is 0 Å². The van der Waals surface area contributed by atoms with Crippen LogP contribution in [-0.4, -0.2) is 28.3 Å². The molecule has 12 heavy (non-hydrogen) atoms. The van der Waals surface area contributed by atoms with Gasteiger partial charge < -0.3 is 5.32 Å². The molecule has 0 amide bonds. The third kappa shape index (κ3) is 1.48. The first kappa shape index (κ1) is 7.73. The van der Waals surface area contributed by atoms with E-state index in [0.717, 1.165) is 24.7 Å². The highest BCUT2D eigenvalue weighted by Crippen LogP contribution is 2.19. The second-order valence-corrected chi connectivity index (χ2v) is 3.32. The van der Waals surface area contributed by atoms with Gasteiger partial charge in [0, 0.05) is 12.5 Å². The second-order valence-electron chi connectivity index (χ2n) is 3.32. The van der Waals surface area contributed by atoms with Gasteiger partial charge in [0.05, 0.1) is 0 Å². The number of hydrogen-bond acceptors (Lipinski definition) is 3. The Morgan fingerprint density at radius 1 is 1.50 bits per heavy atom. The molecule has 0 bridgehead atoms. The molecule has 1 aliphatic rings. The molecule has 1 atom stereocenters. The van der Waals surface area contributed by atoms with Crippen molar-refractivity contribution in [1.29, 1.82) is 0 Å². The van der Waals surface area contributed by atoms with E-state index in [4.69, 9.17) is 0 Å². The van der Waals surface area contributed by atoms with Crippen molar-refractivity contribution in [3.05, 3.63) is 11.6 Å². The summed E-state index contributed by atoms with van der Waals surface area (Å²) in [6.07, 6.45) is 2.45. The minimum absolute atomic E-state index is 0.517. The van der Waals surface area contributed by atoms with E-state index in [1.807, 2.05) is 6.92 Å². The number of aromatic amines is 1. The van der Waals surface area contributed by atoms with E-state index in [0.29, 0.717) is 5.92 Å². The lowest BCUT2D eigenvalue weighted by Gasteiger charge is -2.19. The fourth-order valence-electron chi connectivity index (χ4n) is 1.61. The quantitative estimate of drug-likeness (QED) is 0.641. The molecule has 1 aromatic heterocycles. The first-order valence-corrected chi connectivity index (χ1v) is 4.46. The van der Waals surface area contributed by atoms with Gasteiger partial charge >= 0.3 is 0 Å². The lowest BCUT2D eigenvalue weighted by molar-refractivity contribution is 0.447. The van der Waals surface area contributed by atoms with Gasteiger partial charge in [0.2, 0.25) is 0 Å². The van der Waals surface area contributed by atoms with Gasteiger partial charge in [-0.05, 0) is 26.3 Å². The zero-order valence-corrected chi connectivity index (χ0v) is 7.30. The SMILES string of the molecule is Cc1nc([C@@H]2CCCNC2)n[nH]1. The first-order valence-electron chi connectivity index (χ1n) is 4.46. The topological polar surface area (TPSA) is 53.6 Å². The molecule has 0 aromatic carbocycles. The number of aromatic nitrogens is 3. The summed E-state index contributed by atoms with van der Waals surface area (Å²) in [4.78, 5) is 4.33.